The number of hydrogen-bond donors (Lipinski definition) is 0. The maximum absolute atomic E-state index is 5.92. The Hall–Kier alpha value is -1.72. The number of benzene rings is 1. The van der Waals surface area contributed by atoms with Gasteiger partial charge in [-0.15, -0.1) is 22.9 Å². The summed E-state index contributed by atoms with van der Waals surface area (Å²) in [7, 11) is 1.63. The molecule has 4 nitrogen and oxygen atoms in total. The summed E-state index contributed by atoms with van der Waals surface area (Å²) >= 11 is 7.52. The van der Waals surface area contributed by atoms with Crippen molar-refractivity contribution in [1.29, 1.82) is 0 Å². The van der Waals surface area contributed by atoms with Crippen LogP contribution in [0.3, 0.4) is 0 Å². The quantitative estimate of drug-likeness (QED) is 0.674. The first-order valence-corrected chi connectivity index (χ1v) is 7.48. The molecule has 2 aromatic heterocycles. The lowest BCUT2D eigenvalue weighted by atomic mass is 10.2. The Bertz CT molecular complexity index is 694. The fraction of sp³-hybridized carbons (Fsp3) is 0.214. The molecule has 0 unspecified atom stereocenters. The van der Waals surface area contributed by atoms with Gasteiger partial charge in [0.2, 0.25) is 0 Å². The zero-order valence-electron chi connectivity index (χ0n) is 10.9. The van der Waals surface area contributed by atoms with Crippen molar-refractivity contribution in [2.75, 3.05) is 7.11 Å². The van der Waals surface area contributed by atoms with Gasteiger partial charge >= 0.3 is 0 Å². The Morgan fingerprint density at radius 2 is 2.30 bits per heavy atom. The number of imidazole rings is 1. The lowest BCUT2D eigenvalue weighted by molar-refractivity contribution is 0.297. The number of aromatic nitrogens is 2. The van der Waals surface area contributed by atoms with Crippen LogP contribution in [0.1, 0.15) is 11.3 Å². The number of halogens is 1. The maximum Gasteiger partial charge on any atom is 0.193 e. The maximum atomic E-state index is 5.92. The Morgan fingerprint density at radius 3 is 3.05 bits per heavy atom. The number of alkyl halides is 1. The van der Waals surface area contributed by atoms with Gasteiger partial charge in [-0.2, -0.15) is 0 Å². The summed E-state index contributed by atoms with van der Waals surface area (Å²) in [5.41, 5.74) is 1.83. The molecule has 3 rings (SSSR count). The van der Waals surface area contributed by atoms with E-state index in [0.717, 1.165) is 27.7 Å². The van der Waals surface area contributed by atoms with Crippen LogP contribution in [-0.4, -0.2) is 16.5 Å². The molecule has 104 valence electrons. The van der Waals surface area contributed by atoms with Crippen molar-refractivity contribution in [2.45, 2.75) is 12.5 Å². The highest BCUT2D eigenvalue weighted by Crippen LogP contribution is 2.27. The van der Waals surface area contributed by atoms with Gasteiger partial charge < -0.3 is 9.47 Å². The third-order valence-electron chi connectivity index (χ3n) is 2.94. The number of thiazole rings is 1. The first-order valence-electron chi connectivity index (χ1n) is 6.07. The summed E-state index contributed by atoms with van der Waals surface area (Å²) < 4.78 is 13.0. The molecule has 1 aromatic carbocycles. The minimum absolute atomic E-state index is 0.400. The highest BCUT2D eigenvalue weighted by molar-refractivity contribution is 7.15. The molecule has 0 aliphatic heterocycles. The summed E-state index contributed by atoms with van der Waals surface area (Å²) in [6.45, 7) is 0.408. The SMILES string of the molecule is COc1ccc(CCl)c(OCc2cn3ccsc3n2)c1. The molecule has 0 aliphatic carbocycles. The summed E-state index contributed by atoms with van der Waals surface area (Å²) in [4.78, 5) is 5.44. The monoisotopic (exact) mass is 308 g/mol. The number of nitrogens with zero attached hydrogens (tertiary/aromatic N) is 2. The molecule has 0 aliphatic rings. The molecule has 0 amide bonds. The first kappa shape index (κ1) is 13.3. The second kappa shape index (κ2) is 5.73. The van der Waals surface area contributed by atoms with E-state index < -0.39 is 0 Å². The van der Waals surface area contributed by atoms with Crippen LogP contribution in [0.25, 0.3) is 4.96 Å². The van der Waals surface area contributed by atoms with Gasteiger partial charge in [-0.05, 0) is 6.07 Å². The third kappa shape index (κ3) is 2.59. The Morgan fingerprint density at radius 1 is 1.40 bits per heavy atom. The first-order chi connectivity index (χ1) is 9.80. The Kier molecular flexibility index (Phi) is 3.80. The summed E-state index contributed by atoms with van der Waals surface area (Å²) in [5.74, 6) is 1.88. The van der Waals surface area contributed by atoms with E-state index >= 15 is 0 Å². The highest BCUT2D eigenvalue weighted by Gasteiger charge is 2.08. The normalized spacial score (nSPS) is 10.9. The van der Waals surface area contributed by atoms with Gasteiger partial charge in [0.05, 0.1) is 18.7 Å². The molecule has 0 fully saturated rings. The van der Waals surface area contributed by atoms with Crippen LogP contribution in [0.4, 0.5) is 0 Å². The summed E-state index contributed by atoms with van der Waals surface area (Å²) in [6.07, 6.45) is 3.94. The Labute approximate surface area is 125 Å². The third-order valence-corrected chi connectivity index (χ3v) is 4.00. The fourth-order valence-corrected chi connectivity index (χ4v) is 2.84. The number of hydrogen-bond acceptors (Lipinski definition) is 4. The van der Waals surface area contributed by atoms with E-state index in [4.69, 9.17) is 21.1 Å². The average Bonchev–Trinajstić information content (AvgIpc) is 3.05. The molecule has 0 N–H and O–H groups in total. The molecule has 3 aromatic rings. The van der Waals surface area contributed by atoms with Gasteiger partial charge in [0, 0.05) is 29.4 Å². The molecule has 0 bridgehead atoms. The lowest BCUT2D eigenvalue weighted by Gasteiger charge is -2.10. The molecule has 0 atom stereocenters. The molecule has 0 radical (unpaired) electrons. The molecule has 20 heavy (non-hydrogen) atoms. The molecule has 0 saturated heterocycles. The van der Waals surface area contributed by atoms with Crippen LogP contribution >= 0.6 is 22.9 Å². The van der Waals surface area contributed by atoms with Gasteiger partial charge in [0.25, 0.3) is 0 Å². The van der Waals surface area contributed by atoms with Gasteiger partial charge in [-0.1, -0.05) is 6.07 Å². The molecule has 2 heterocycles. The van der Waals surface area contributed by atoms with Crippen molar-refractivity contribution in [3.05, 3.63) is 47.2 Å². The molecule has 0 saturated carbocycles. The van der Waals surface area contributed by atoms with Crippen molar-refractivity contribution >= 4 is 27.9 Å². The predicted molar refractivity (Wildman–Crippen MR) is 80.0 cm³/mol. The Balaban J connectivity index is 1.78. The largest absolute Gasteiger partial charge is 0.497 e. The van der Waals surface area contributed by atoms with Gasteiger partial charge in [-0.25, -0.2) is 4.98 Å². The van der Waals surface area contributed by atoms with E-state index in [2.05, 4.69) is 4.98 Å². The van der Waals surface area contributed by atoms with Crippen LogP contribution in [0.2, 0.25) is 0 Å². The van der Waals surface area contributed by atoms with E-state index in [1.807, 2.05) is 40.4 Å². The van der Waals surface area contributed by atoms with E-state index in [-0.39, 0.29) is 0 Å². The minimum atomic E-state index is 0.400. The van der Waals surface area contributed by atoms with Crippen molar-refractivity contribution in [3.63, 3.8) is 0 Å². The van der Waals surface area contributed by atoms with Gasteiger partial charge in [0.15, 0.2) is 4.96 Å². The van der Waals surface area contributed by atoms with Crippen LogP contribution < -0.4 is 9.47 Å². The van der Waals surface area contributed by atoms with E-state index in [1.165, 1.54) is 0 Å². The van der Waals surface area contributed by atoms with Crippen LogP contribution in [0.15, 0.2) is 36.0 Å². The van der Waals surface area contributed by atoms with Crippen LogP contribution in [-0.2, 0) is 12.5 Å². The van der Waals surface area contributed by atoms with Crippen molar-refractivity contribution in [1.82, 2.24) is 9.38 Å². The van der Waals surface area contributed by atoms with Crippen LogP contribution in [0.5, 0.6) is 11.5 Å². The highest BCUT2D eigenvalue weighted by atomic mass is 35.5. The fourth-order valence-electron chi connectivity index (χ4n) is 1.90. The number of methoxy groups -OCH3 is 1. The van der Waals surface area contributed by atoms with E-state index in [1.54, 1.807) is 18.4 Å². The predicted octanol–water partition coefficient (Wildman–Crippen LogP) is 3.72. The number of fused-ring (bicyclic) bond motifs is 1. The molecule has 0 spiro atoms. The number of rotatable bonds is 5. The summed E-state index contributed by atoms with van der Waals surface area (Å²) in [6, 6.07) is 5.63. The lowest BCUT2D eigenvalue weighted by Crippen LogP contribution is -1.99. The minimum Gasteiger partial charge on any atom is -0.497 e. The smallest absolute Gasteiger partial charge is 0.193 e. The molecule has 6 heteroatoms. The van der Waals surface area contributed by atoms with Crippen LogP contribution in [0, 0.1) is 0 Å². The zero-order valence-corrected chi connectivity index (χ0v) is 12.4. The zero-order chi connectivity index (χ0) is 13.9. The van der Waals surface area contributed by atoms with Crippen molar-refractivity contribution in [3.8, 4) is 11.5 Å². The second-order valence-corrected chi connectivity index (χ2v) is 5.36. The van der Waals surface area contributed by atoms with E-state index in [9.17, 15) is 0 Å². The van der Waals surface area contributed by atoms with Crippen molar-refractivity contribution in [2.24, 2.45) is 0 Å². The topological polar surface area (TPSA) is 35.8 Å². The van der Waals surface area contributed by atoms with Crippen molar-refractivity contribution < 1.29 is 9.47 Å². The molecular formula is C14H13ClN2O2S. The molecular weight excluding hydrogens is 296 g/mol. The van der Waals surface area contributed by atoms with Gasteiger partial charge in [-0.3, -0.25) is 4.40 Å². The average molecular weight is 309 g/mol. The number of ether oxygens (including phenoxy) is 2. The summed E-state index contributed by atoms with van der Waals surface area (Å²) in [5, 5.41) is 2.00. The standard InChI is InChI=1S/C14H13ClN2O2S/c1-18-12-3-2-10(7-15)13(6-12)19-9-11-8-17-4-5-20-14(17)16-11/h2-6,8H,7,9H2,1H3. The van der Waals surface area contributed by atoms with Gasteiger partial charge in [0.1, 0.15) is 18.1 Å². The second-order valence-electron chi connectivity index (χ2n) is 4.22. The van der Waals surface area contributed by atoms with E-state index in [0.29, 0.717) is 12.5 Å².